The molecule has 1 amide bonds. The summed E-state index contributed by atoms with van der Waals surface area (Å²) in [6, 6.07) is 12.4. The molecule has 4 nitrogen and oxygen atoms in total. The van der Waals surface area contributed by atoms with Gasteiger partial charge in [0.05, 0.1) is 0 Å². The van der Waals surface area contributed by atoms with Crippen molar-refractivity contribution in [2.75, 3.05) is 13.8 Å². The standard InChI is InChI=1S/C19H18FNO3/c1-21(10-12-6-7-17-18(8-12)24-11-23-17)19(22)15-9-14(15)13-4-2-3-5-16(13)20/h2-8,14-15H,9-11H2,1H3. The molecule has 24 heavy (non-hydrogen) atoms. The van der Waals surface area contributed by atoms with Gasteiger partial charge >= 0.3 is 0 Å². The highest BCUT2D eigenvalue weighted by Crippen LogP contribution is 2.49. The molecule has 0 spiro atoms. The molecule has 124 valence electrons. The van der Waals surface area contributed by atoms with Gasteiger partial charge in [0.2, 0.25) is 12.7 Å². The zero-order chi connectivity index (χ0) is 16.7. The van der Waals surface area contributed by atoms with Crippen LogP contribution in [0.1, 0.15) is 23.5 Å². The van der Waals surface area contributed by atoms with Gasteiger partial charge in [0, 0.05) is 19.5 Å². The molecule has 2 unspecified atom stereocenters. The van der Waals surface area contributed by atoms with Crippen LogP contribution in [0.3, 0.4) is 0 Å². The molecular weight excluding hydrogens is 309 g/mol. The van der Waals surface area contributed by atoms with Crippen LogP contribution in [0, 0.1) is 11.7 Å². The third kappa shape index (κ3) is 2.70. The molecule has 2 aromatic carbocycles. The van der Waals surface area contributed by atoms with Crippen LogP contribution in [0.25, 0.3) is 0 Å². The van der Waals surface area contributed by atoms with Crippen molar-refractivity contribution in [1.29, 1.82) is 0 Å². The average Bonchev–Trinajstić information content (AvgIpc) is 3.23. The summed E-state index contributed by atoms with van der Waals surface area (Å²) in [4.78, 5) is 14.3. The molecule has 4 rings (SSSR count). The quantitative estimate of drug-likeness (QED) is 0.865. The number of amides is 1. The molecule has 0 N–H and O–H groups in total. The molecule has 0 aromatic heterocycles. The Morgan fingerprint density at radius 1 is 1.21 bits per heavy atom. The molecule has 1 fully saturated rings. The van der Waals surface area contributed by atoms with E-state index in [9.17, 15) is 9.18 Å². The fourth-order valence-electron chi connectivity index (χ4n) is 3.26. The number of nitrogens with zero attached hydrogens (tertiary/aromatic N) is 1. The minimum absolute atomic E-state index is 0.00194. The normalized spacial score (nSPS) is 20.8. The number of halogens is 1. The lowest BCUT2D eigenvalue weighted by Gasteiger charge is -2.17. The molecule has 1 aliphatic carbocycles. The van der Waals surface area contributed by atoms with Gasteiger partial charge in [-0.1, -0.05) is 24.3 Å². The molecule has 2 atom stereocenters. The number of carbonyl (C=O) groups is 1. The second kappa shape index (κ2) is 5.82. The van der Waals surface area contributed by atoms with Crippen LogP contribution in [0.4, 0.5) is 4.39 Å². The van der Waals surface area contributed by atoms with Crippen molar-refractivity contribution in [3.8, 4) is 11.5 Å². The summed E-state index contributed by atoms with van der Waals surface area (Å²) < 4.78 is 24.5. The highest BCUT2D eigenvalue weighted by atomic mass is 19.1. The highest BCUT2D eigenvalue weighted by Gasteiger charge is 2.46. The molecule has 1 saturated carbocycles. The van der Waals surface area contributed by atoms with Gasteiger partial charge in [0.1, 0.15) is 5.82 Å². The van der Waals surface area contributed by atoms with Crippen LogP contribution < -0.4 is 9.47 Å². The molecule has 5 heteroatoms. The molecule has 0 radical (unpaired) electrons. The SMILES string of the molecule is CN(Cc1ccc2c(c1)OCO2)C(=O)C1CC1c1ccccc1F. The lowest BCUT2D eigenvalue weighted by atomic mass is 10.1. The Kier molecular flexibility index (Phi) is 3.63. The van der Waals surface area contributed by atoms with Gasteiger partial charge in [0.25, 0.3) is 0 Å². The number of hydrogen-bond donors (Lipinski definition) is 0. The van der Waals surface area contributed by atoms with Gasteiger partial charge in [-0.3, -0.25) is 4.79 Å². The lowest BCUT2D eigenvalue weighted by molar-refractivity contribution is -0.131. The molecular formula is C19H18FNO3. The number of ether oxygens (including phenoxy) is 2. The van der Waals surface area contributed by atoms with E-state index in [4.69, 9.17) is 9.47 Å². The van der Waals surface area contributed by atoms with E-state index in [1.165, 1.54) is 6.07 Å². The largest absolute Gasteiger partial charge is 0.454 e. The van der Waals surface area contributed by atoms with Crippen molar-refractivity contribution in [2.45, 2.75) is 18.9 Å². The third-order valence-electron chi connectivity index (χ3n) is 4.65. The zero-order valence-electron chi connectivity index (χ0n) is 13.4. The molecule has 0 bridgehead atoms. The van der Waals surface area contributed by atoms with E-state index >= 15 is 0 Å². The van der Waals surface area contributed by atoms with E-state index in [1.54, 1.807) is 24.1 Å². The smallest absolute Gasteiger partial charge is 0.231 e. The van der Waals surface area contributed by atoms with Crippen LogP contribution in [0.15, 0.2) is 42.5 Å². The van der Waals surface area contributed by atoms with Gasteiger partial charge < -0.3 is 14.4 Å². The number of hydrogen-bond acceptors (Lipinski definition) is 3. The predicted octanol–water partition coefficient (Wildman–Crippen LogP) is 3.32. The first kappa shape index (κ1) is 15.0. The number of benzene rings is 2. The minimum atomic E-state index is -0.226. The van der Waals surface area contributed by atoms with Crippen molar-refractivity contribution >= 4 is 5.91 Å². The van der Waals surface area contributed by atoms with Crippen molar-refractivity contribution in [3.63, 3.8) is 0 Å². The van der Waals surface area contributed by atoms with Crippen LogP contribution in [0.5, 0.6) is 11.5 Å². The van der Waals surface area contributed by atoms with Crippen LogP contribution in [-0.2, 0) is 11.3 Å². The van der Waals surface area contributed by atoms with Crippen LogP contribution in [0.2, 0.25) is 0 Å². The molecule has 2 aromatic rings. The topological polar surface area (TPSA) is 38.8 Å². The number of carbonyl (C=O) groups excluding carboxylic acids is 1. The Hall–Kier alpha value is -2.56. The number of fused-ring (bicyclic) bond motifs is 1. The van der Waals surface area contributed by atoms with Crippen molar-refractivity contribution in [2.24, 2.45) is 5.92 Å². The maximum absolute atomic E-state index is 13.8. The van der Waals surface area contributed by atoms with Crippen molar-refractivity contribution < 1.29 is 18.7 Å². The van der Waals surface area contributed by atoms with Gasteiger partial charge in [-0.05, 0) is 41.7 Å². The first-order valence-electron chi connectivity index (χ1n) is 8.01. The van der Waals surface area contributed by atoms with Crippen molar-refractivity contribution in [1.82, 2.24) is 4.90 Å². The summed E-state index contributed by atoms with van der Waals surface area (Å²) >= 11 is 0. The minimum Gasteiger partial charge on any atom is -0.454 e. The van der Waals surface area contributed by atoms with Crippen LogP contribution in [-0.4, -0.2) is 24.6 Å². The first-order chi connectivity index (χ1) is 11.6. The molecule has 2 aliphatic rings. The predicted molar refractivity (Wildman–Crippen MR) is 86.3 cm³/mol. The second-order valence-electron chi connectivity index (χ2n) is 6.35. The summed E-state index contributed by atoms with van der Waals surface area (Å²) in [5.74, 6) is 1.15. The van der Waals surface area contributed by atoms with Gasteiger partial charge in [-0.15, -0.1) is 0 Å². The van der Waals surface area contributed by atoms with Gasteiger partial charge in [-0.2, -0.15) is 0 Å². The summed E-state index contributed by atoms with van der Waals surface area (Å²) in [5, 5.41) is 0. The average molecular weight is 327 g/mol. The van der Waals surface area contributed by atoms with E-state index in [2.05, 4.69) is 0 Å². The highest BCUT2D eigenvalue weighted by molar-refractivity contribution is 5.82. The van der Waals surface area contributed by atoms with E-state index < -0.39 is 0 Å². The van der Waals surface area contributed by atoms with E-state index in [0.29, 0.717) is 24.3 Å². The van der Waals surface area contributed by atoms with E-state index in [-0.39, 0.29) is 30.4 Å². The molecule has 0 saturated heterocycles. The fourth-order valence-corrected chi connectivity index (χ4v) is 3.26. The Morgan fingerprint density at radius 3 is 2.83 bits per heavy atom. The maximum atomic E-state index is 13.8. The molecule has 1 aliphatic heterocycles. The van der Waals surface area contributed by atoms with E-state index in [0.717, 1.165) is 11.3 Å². The Balaban J connectivity index is 1.41. The Morgan fingerprint density at radius 2 is 2.00 bits per heavy atom. The Bertz CT molecular complexity index is 792. The van der Waals surface area contributed by atoms with Crippen molar-refractivity contribution in [3.05, 3.63) is 59.4 Å². The monoisotopic (exact) mass is 327 g/mol. The lowest BCUT2D eigenvalue weighted by Crippen LogP contribution is -2.28. The first-order valence-corrected chi connectivity index (χ1v) is 8.01. The van der Waals surface area contributed by atoms with E-state index in [1.807, 2.05) is 24.3 Å². The Labute approximate surface area is 139 Å². The zero-order valence-corrected chi connectivity index (χ0v) is 13.4. The molecule has 1 heterocycles. The summed E-state index contributed by atoms with van der Waals surface area (Å²) in [6.07, 6.45) is 0.714. The number of rotatable bonds is 4. The van der Waals surface area contributed by atoms with Gasteiger partial charge in [-0.25, -0.2) is 4.39 Å². The fraction of sp³-hybridized carbons (Fsp3) is 0.316. The summed E-state index contributed by atoms with van der Waals surface area (Å²) in [7, 11) is 1.78. The third-order valence-corrected chi connectivity index (χ3v) is 4.65. The van der Waals surface area contributed by atoms with Gasteiger partial charge in [0.15, 0.2) is 11.5 Å². The van der Waals surface area contributed by atoms with Crippen LogP contribution >= 0.6 is 0 Å². The summed E-state index contributed by atoms with van der Waals surface area (Å²) in [5.41, 5.74) is 1.63. The summed E-state index contributed by atoms with van der Waals surface area (Å²) in [6.45, 7) is 0.732. The maximum Gasteiger partial charge on any atom is 0.231 e. The second-order valence-corrected chi connectivity index (χ2v) is 6.35.